The number of anilines is 2. The highest BCUT2D eigenvalue weighted by molar-refractivity contribution is 7.86. The zero-order valence-corrected chi connectivity index (χ0v) is 77.8. The summed E-state index contributed by atoms with van der Waals surface area (Å²) in [6.07, 6.45) is 25.0. The summed E-state index contributed by atoms with van der Waals surface area (Å²) in [5, 5.41) is 27.6. The maximum absolute atomic E-state index is 12.0. The average Bonchev–Trinajstić information content (AvgIpc) is 1.59. The lowest BCUT2D eigenvalue weighted by Crippen LogP contribution is -2.28. The van der Waals surface area contributed by atoms with Crippen LogP contribution in [-0.4, -0.2) is 152 Å². The maximum atomic E-state index is 12.0. The highest BCUT2D eigenvalue weighted by Gasteiger charge is 2.49. The summed E-state index contributed by atoms with van der Waals surface area (Å²) in [5.74, 6) is -2.22. The molecule has 2 aliphatic carbocycles. The third-order valence-corrected chi connectivity index (χ3v) is 29.6. The number of hydrogen-bond donors (Lipinski definition) is 4. The smallest absolute Gasteiger partial charge is 0.485 e. The first kappa shape index (κ1) is 95.1. The quantitative estimate of drug-likeness (QED) is 0.0136. The molecule has 0 bridgehead atoms. The minimum atomic E-state index is -4.33. The van der Waals surface area contributed by atoms with Crippen molar-refractivity contribution in [3.63, 3.8) is 0 Å². The van der Waals surface area contributed by atoms with E-state index in [1.54, 1.807) is 19.1 Å². The van der Waals surface area contributed by atoms with Gasteiger partial charge in [-0.2, -0.15) is 26.0 Å². The van der Waals surface area contributed by atoms with Crippen LogP contribution in [0.5, 0.6) is 0 Å². The van der Waals surface area contributed by atoms with Crippen molar-refractivity contribution in [1.82, 2.24) is 0 Å². The second-order valence-electron chi connectivity index (χ2n) is 35.9. The highest BCUT2D eigenvalue weighted by Crippen LogP contribution is 2.55. The Labute approximate surface area is 754 Å². The van der Waals surface area contributed by atoms with Crippen LogP contribution < -0.4 is 9.80 Å². The lowest BCUT2D eigenvalue weighted by molar-refractivity contribution is -0.438. The molecule has 9 aromatic rings. The van der Waals surface area contributed by atoms with Gasteiger partial charge in [0.15, 0.2) is 11.4 Å². The van der Waals surface area contributed by atoms with Gasteiger partial charge in [-0.1, -0.05) is 185 Å². The van der Waals surface area contributed by atoms with Gasteiger partial charge in [-0.15, -0.1) is 0 Å². The molecule has 15 rings (SSSR count). The monoisotopic (exact) mass is 1810 g/mol. The number of fused-ring (bicyclic) bond motifs is 12. The number of rotatable bonds is 31. The van der Waals surface area contributed by atoms with Gasteiger partial charge in [0.1, 0.15) is 13.1 Å². The fourth-order valence-electron chi connectivity index (χ4n) is 20.2. The molecule has 4 N–H and O–H groups in total. The van der Waals surface area contributed by atoms with Crippen molar-refractivity contribution in [2.75, 3.05) is 65.6 Å². The summed E-state index contributed by atoms with van der Waals surface area (Å²) >= 11 is 7.29. The molecule has 6 aliphatic rings. The van der Waals surface area contributed by atoms with Crippen LogP contribution in [-0.2, 0) is 66.8 Å². The van der Waals surface area contributed by atoms with E-state index in [0.717, 1.165) is 127 Å². The number of halogens is 1. The first-order valence-corrected chi connectivity index (χ1v) is 50.7. The summed E-state index contributed by atoms with van der Waals surface area (Å²) in [5.41, 5.74) is 17.8. The van der Waals surface area contributed by atoms with Crippen LogP contribution in [0.15, 0.2) is 246 Å². The summed E-state index contributed by atoms with van der Waals surface area (Å²) < 4.78 is 143. The predicted molar refractivity (Wildman–Crippen MR) is 512 cm³/mol. The van der Waals surface area contributed by atoms with Crippen molar-refractivity contribution in [1.29, 1.82) is 0 Å². The van der Waals surface area contributed by atoms with E-state index >= 15 is 0 Å². The molecule has 0 amide bonds. The normalized spacial score (nSPS) is 18.8. The van der Waals surface area contributed by atoms with Gasteiger partial charge in [0.25, 0.3) is 20.2 Å². The number of carboxylic acids is 1. The molecule has 0 spiro atoms. The van der Waals surface area contributed by atoms with E-state index in [1.807, 2.05) is 36.4 Å². The van der Waals surface area contributed by atoms with Crippen molar-refractivity contribution in [2.24, 2.45) is 5.92 Å². The van der Waals surface area contributed by atoms with Crippen LogP contribution in [0.25, 0.3) is 48.7 Å². The van der Waals surface area contributed by atoms with E-state index in [2.05, 4.69) is 243 Å². The summed E-state index contributed by atoms with van der Waals surface area (Å²) in [6.45, 7) is 22.6. The zero-order valence-electron chi connectivity index (χ0n) is 73.8. The molecule has 0 saturated carbocycles. The highest BCUT2D eigenvalue weighted by atomic mass is 35.5. The number of carbonyl (C=O) groups is 1. The molecule has 1 radical (unpaired) electrons. The van der Waals surface area contributed by atoms with E-state index < -0.39 is 57.6 Å². The fraction of sp³-hybridized carbons (Fsp3) is 0.376. The van der Waals surface area contributed by atoms with Crippen LogP contribution >= 0.6 is 11.6 Å². The largest absolute Gasteiger partial charge is 0.748 e. The Morgan fingerprint density at radius 2 is 0.913 bits per heavy atom. The predicted octanol–water partition coefficient (Wildman–Crippen LogP) is 20.7. The summed E-state index contributed by atoms with van der Waals surface area (Å²) in [4.78, 5) is 16.6. The minimum Gasteiger partial charge on any atom is -0.748 e. The summed E-state index contributed by atoms with van der Waals surface area (Å²) in [6, 6.07) is 57.9. The third kappa shape index (κ3) is 21.5. The molecule has 669 valence electrons. The molecule has 9 aromatic carbocycles. The first-order chi connectivity index (χ1) is 60.2. The number of allylic oxidation sites excluding steroid dienone is 14. The molecule has 1 unspecified atom stereocenters. The van der Waals surface area contributed by atoms with E-state index in [-0.39, 0.29) is 51.4 Å². The van der Waals surface area contributed by atoms with Crippen LogP contribution in [0.2, 0.25) is 0 Å². The lowest BCUT2D eigenvalue weighted by atomic mass is 9.75. The Kier molecular flexibility index (Phi) is 29.6. The Hall–Kier alpha value is -9.48. The molecule has 0 fully saturated rings. The van der Waals surface area contributed by atoms with Crippen molar-refractivity contribution < 1.29 is 80.6 Å². The van der Waals surface area contributed by atoms with Gasteiger partial charge < -0.3 is 33.7 Å². The van der Waals surface area contributed by atoms with Gasteiger partial charge in [-0.3, -0.25) is 9.11 Å². The van der Waals surface area contributed by atoms with Crippen LogP contribution in [0.3, 0.4) is 0 Å². The SMILES string of the molecule is CC1(C)C(/C=C/C2=C(c3ccc(C(=O)O)cc3)C(C/C=C3\N(CCCCS(=O)(=O)O)c4ccc5ccccc5c4C3(C)C)CCC2)=[N+](CCCCS(=O)(=O)[O-])c2ccc3ccccc3c21.CC1(C)C(=CC=C2CCCC(C=CC3=[N+](CCCCS(=O)(=O)O)c4ccc5ccccc5c4C3(C)C)=C2Cl)N(CCCCS(=O)(=O)[O-])c2ccc3ccccc3c21.CCO[B]O. The molecule has 0 saturated heterocycles. The Morgan fingerprint density at radius 3 is 1.36 bits per heavy atom. The van der Waals surface area contributed by atoms with Gasteiger partial charge in [0.2, 0.25) is 11.4 Å². The Balaban J connectivity index is 0.000000208. The first-order valence-electron chi connectivity index (χ1n) is 44.0. The fourth-order valence-corrected chi connectivity index (χ4v) is 22.7. The third-order valence-electron chi connectivity index (χ3n) is 26.0. The van der Waals surface area contributed by atoms with Crippen LogP contribution in [0, 0.1) is 5.92 Å². The average molecular weight is 1820 g/mol. The van der Waals surface area contributed by atoms with Gasteiger partial charge in [-0.25, -0.2) is 21.6 Å². The number of benzene rings is 9. The van der Waals surface area contributed by atoms with Gasteiger partial charge >= 0.3 is 13.7 Å². The summed E-state index contributed by atoms with van der Waals surface area (Å²) in [7, 11) is -16.1. The second-order valence-corrected chi connectivity index (χ2v) is 42.5. The van der Waals surface area contributed by atoms with Crippen molar-refractivity contribution in [3.8, 4) is 0 Å². The number of unbranched alkanes of at least 4 members (excludes halogenated alkanes) is 4. The molecule has 127 heavy (non-hydrogen) atoms. The number of nitrogens with zero attached hydrogens (tertiary/aromatic N) is 4. The maximum Gasteiger partial charge on any atom is 0.485 e. The van der Waals surface area contributed by atoms with Gasteiger partial charge in [-0.05, 0) is 249 Å². The molecule has 4 heterocycles. The molecular formula is C101H115BClN4O16S4. The van der Waals surface area contributed by atoms with E-state index in [0.29, 0.717) is 91.8 Å². The minimum absolute atomic E-state index is 0.0945. The van der Waals surface area contributed by atoms with Crippen LogP contribution in [0.4, 0.5) is 22.7 Å². The number of aromatic carboxylic acids is 1. The van der Waals surface area contributed by atoms with E-state index in [1.165, 1.54) is 54.9 Å². The number of carboxylic acid groups (broad SMARTS) is 1. The second kappa shape index (κ2) is 39.5. The molecule has 0 aromatic heterocycles. The van der Waals surface area contributed by atoms with E-state index in [9.17, 15) is 61.8 Å². The molecule has 26 heteroatoms. The lowest BCUT2D eigenvalue weighted by Gasteiger charge is -2.31. The standard InChI is InChI=1S/C53H58N2O8S2.C46H51ClN2O6S2.C2H6BO2/c1-52(2)46(54(32-9-11-34-64(58,59)60)44-28-24-36-14-5-7-18-42(36)49(44)52)30-26-38-16-13-17-39(48(38)40-20-22-41(23-21-40)51(56)57)27-31-47-53(3,4)50-43-19-8-6-15-37(43)25-29-45(50)55(47)33-10-12-35-65(61,62)63;1-45(2)40(48(28-9-11-30-56(50,51)52)38-24-20-32-14-5-7-18-36(32)42(38)45)26-22-34-16-13-17-35(44(34)47)23-27-41-46(3,4)43-37-19-8-6-15-33(37)21-25-39(43)49(41)29-10-12-31-57(53,54)55;1-2-5-3-4/h5-8,14-15,18-26,28-31,39H,9-13,16-17,27,32-35H2,1-4H3,(H2-,56,57,58,59,60,61,62,63);5-8,14-15,18-27H,9-13,16-17,28-31H2,1-4H3,(H-,50,51,52,53,54,55);4H,2H2,1H3/b30-26+,47-31-;;. The topological polar surface area (TPSA) is 302 Å². The number of hydrogen-bond acceptors (Lipinski definition) is 15. The van der Waals surface area contributed by atoms with Gasteiger partial charge in [0.05, 0.1) is 48.1 Å². The van der Waals surface area contributed by atoms with Crippen molar-refractivity contribution in [3.05, 3.63) is 279 Å². The zero-order chi connectivity index (χ0) is 91.2. The van der Waals surface area contributed by atoms with Gasteiger partial charge in [0, 0.05) is 118 Å². The van der Waals surface area contributed by atoms with E-state index in [4.69, 9.17) is 16.6 Å². The van der Waals surface area contributed by atoms with Crippen molar-refractivity contribution >= 4 is 149 Å². The Morgan fingerprint density at radius 1 is 0.496 bits per heavy atom. The molecular weight excluding hydrogens is 1700 g/mol. The molecule has 1 atom stereocenters. The van der Waals surface area contributed by atoms with Crippen LogP contribution in [0.1, 0.15) is 197 Å². The molecule has 4 aliphatic heterocycles. The van der Waals surface area contributed by atoms with Crippen molar-refractivity contribution in [2.45, 2.75) is 180 Å². The molecule has 20 nitrogen and oxygen atoms in total. The Bertz CT molecular complexity index is 6520.